The maximum atomic E-state index is 13.5. The molecule has 0 N–H and O–H groups in total. The van der Waals surface area contributed by atoms with Crippen molar-refractivity contribution in [2.45, 2.75) is 96.6 Å². The van der Waals surface area contributed by atoms with Gasteiger partial charge in [-0.1, -0.05) is 92.4 Å². The number of halogens is 1. The molecule has 35 heavy (non-hydrogen) atoms. The van der Waals surface area contributed by atoms with E-state index in [-0.39, 0.29) is 0 Å². The van der Waals surface area contributed by atoms with Crippen molar-refractivity contribution in [1.29, 1.82) is 0 Å². The van der Waals surface area contributed by atoms with Gasteiger partial charge in [0.2, 0.25) is 0 Å². The first-order chi connectivity index (χ1) is 16.6. The van der Waals surface area contributed by atoms with Crippen LogP contribution in [-0.2, 0) is 9.84 Å². The third kappa shape index (κ3) is 12.7. The fourth-order valence-corrected chi connectivity index (χ4v) is 6.22. The van der Waals surface area contributed by atoms with Crippen LogP contribution in [0.5, 0.6) is 0 Å². The predicted octanol–water partition coefficient (Wildman–Crippen LogP) is 9.71. The Morgan fingerprint density at radius 1 is 0.743 bits per heavy atom. The van der Waals surface area contributed by atoms with E-state index in [0.717, 1.165) is 49.4 Å². The average Bonchev–Trinajstić information content (AvgIpc) is 2.79. The summed E-state index contributed by atoms with van der Waals surface area (Å²) in [4.78, 5) is 0.397. The number of rotatable bonds is 15. The first kappa shape index (κ1) is 31.4. The first-order valence-electron chi connectivity index (χ1n) is 12.7. The number of hydrogen-bond acceptors (Lipinski definition) is 2. The van der Waals surface area contributed by atoms with Crippen molar-refractivity contribution in [1.82, 2.24) is 0 Å². The van der Waals surface area contributed by atoms with Gasteiger partial charge in [0, 0.05) is 5.33 Å². The van der Waals surface area contributed by atoms with Crippen LogP contribution in [-0.4, -0.2) is 19.0 Å². The van der Waals surface area contributed by atoms with Gasteiger partial charge in [0.1, 0.15) is 0 Å². The number of hydrogen-bond donors (Lipinski definition) is 0. The minimum Gasteiger partial charge on any atom is -0.223 e. The Morgan fingerprint density at radius 2 is 1.26 bits per heavy atom. The van der Waals surface area contributed by atoms with E-state index in [4.69, 9.17) is 0 Å². The predicted molar refractivity (Wildman–Crippen MR) is 158 cm³/mol. The normalized spacial score (nSPS) is 14.7. The number of alkyl halides is 1. The second kappa shape index (κ2) is 16.9. The molecular weight excluding hydrogens is 516 g/mol. The second-order valence-electron chi connectivity index (χ2n) is 9.73. The van der Waals surface area contributed by atoms with Crippen LogP contribution in [0, 0.1) is 0 Å². The van der Waals surface area contributed by atoms with Gasteiger partial charge in [0.15, 0.2) is 9.84 Å². The summed E-state index contributed by atoms with van der Waals surface area (Å²) in [5.41, 5.74) is 6.28. The van der Waals surface area contributed by atoms with Gasteiger partial charge in [-0.05, 0) is 98.6 Å². The third-order valence-electron chi connectivity index (χ3n) is 6.19. The molecule has 1 aromatic rings. The van der Waals surface area contributed by atoms with Gasteiger partial charge < -0.3 is 0 Å². The van der Waals surface area contributed by atoms with Crippen LogP contribution in [0.1, 0.15) is 86.5 Å². The monoisotopic (exact) mass is 560 g/mol. The molecule has 0 amide bonds. The number of allylic oxidation sites excluding steroid dienone is 9. The Balaban J connectivity index is 2.94. The Kier molecular flexibility index (Phi) is 15.2. The van der Waals surface area contributed by atoms with Crippen molar-refractivity contribution in [3.05, 3.63) is 88.6 Å². The molecule has 0 aromatic heterocycles. The van der Waals surface area contributed by atoms with Crippen molar-refractivity contribution >= 4 is 25.8 Å². The topological polar surface area (TPSA) is 34.1 Å². The molecule has 1 aromatic carbocycles. The molecule has 0 fully saturated rings. The zero-order valence-electron chi connectivity index (χ0n) is 22.6. The molecule has 0 aliphatic carbocycles. The number of benzene rings is 1. The van der Waals surface area contributed by atoms with Crippen molar-refractivity contribution < 1.29 is 8.42 Å². The van der Waals surface area contributed by atoms with E-state index < -0.39 is 15.1 Å². The van der Waals surface area contributed by atoms with E-state index in [1.807, 2.05) is 13.0 Å². The highest BCUT2D eigenvalue weighted by molar-refractivity contribution is 9.09. The van der Waals surface area contributed by atoms with Crippen molar-refractivity contribution in [2.24, 2.45) is 0 Å². The van der Waals surface area contributed by atoms with E-state index in [1.165, 1.54) is 22.3 Å². The van der Waals surface area contributed by atoms with Crippen molar-refractivity contribution in [3.8, 4) is 0 Å². The van der Waals surface area contributed by atoms with E-state index in [2.05, 4.69) is 80.9 Å². The smallest absolute Gasteiger partial charge is 0.185 e. The minimum atomic E-state index is -3.46. The highest BCUT2D eigenvalue weighted by Gasteiger charge is 2.27. The maximum absolute atomic E-state index is 13.5. The fourth-order valence-electron chi connectivity index (χ4n) is 3.87. The van der Waals surface area contributed by atoms with Crippen LogP contribution in [0.2, 0.25) is 0 Å². The summed E-state index contributed by atoms with van der Waals surface area (Å²) in [5, 5.41) is 0.308. The summed E-state index contributed by atoms with van der Waals surface area (Å²) in [7, 11) is -3.46. The molecule has 1 atom stereocenters. The molecule has 0 bridgehead atoms. The van der Waals surface area contributed by atoms with Crippen molar-refractivity contribution in [3.63, 3.8) is 0 Å². The molecule has 0 spiro atoms. The summed E-state index contributed by atoms with van der Waals surface area (Å²) < 4.78 is 27.1. The maximum Gasteiger partial charge on any atom is 0.185 e. The van der Waals surface area contributed by atoms with E-state index >= 15 is 0 Å². The molecule has 2 nitrogen and oxygen atoms in total. The molecule has 194 valence electrons. The Labute approximate surface area is 224 Å². The van der Waals surface area contributed by atoms with Gasteiger partial charge in [-0.15, -0.1) is 0 Å². The van der Waals surface area contributed by atoms with Crippen molar-refractivity contribution in [2.75, 3.05) is 5.33 Å². The minimum absolute atomic E-state index is 0.397. The van der Waals surface area contributed by atoms with E-state index in [1.54, 1.807) is 24.3 Å². The Bertz CT molecular complexity index is 1020. The van der Waals surface area contributed by atoms with Gasteiger partial charge in [0.25, 0.3) is 0 Å². The quantitative estimate of drug-likeness (QED) is 0.158. The van der Waals surface area contributed by atoms with E-state index in [0.29, 0.717) is 11.3 Å². The molecule has 1 rings (SSSR count). The van der Waals surface area contributed by atoms with Crippen LogP contribution in [0.25, 0.3) is 0 Å². The summed E-state index contributed by atoms with van der Waals surface area (Å²) in [5.74, 6) is 0. The fraction of sp³-hybridized carbons (Fsp3) is 0.484. The SMILES string of the molecule is CC(C)=CCC/C(C)=C/CC/C(C)=C/CC(/C(C)=C/CC/C(C)=C/CBr)S(=O)(=O)c1ccccc1. The molecule has 0 saturated carbocycles. The molecule has 0 radical (unpaired) electrons. The van der Waals surface area contributed by atoms with Gasteiger partial charge in [0.05, 0.1) is 10.1 Å². The molecule has 4 heteroatoms. The van der Waals surface area contributed by atoms with Crippen LogP contribution in [0.3, 0.4) is 0 Å². The van der Waals surface area contributed by atoms with Crippen LogP contribution < -0.4 is 0 Å². The molecular formula is C31H45BrO2S. The van der Waals surface area contributed by atoms with Crippen LogP contribution >= 0.6 is 15.9 Å². The lowest BCUT2D eigenvalue weighted by Crippen LogP contribution is -2.22. The largest absolute Gasteiger partial charge is 0.223 e. The summed E-state index contributed by atoms with van der Waals surface area (Å²) in [6.07, 6.45) is 17.4. The molecule has 0 aliphatic heterocycles. The lowest BCUT2D eigenvalue weighted by atomic mass is 10.0. The first-order valence-corrected chi connectivity index (χ1v) is 15.4. The van der Waals surface area contributed by atoms with Gasteiger partial charge in [-0.2, -0.15) is 0 Å². The summed E-state index contributed by atoms with van der Waals surface area (Å²) >= 11 is 3.44. The van der Waals surface area contributed by atoms with Gasteiger partial charge >= 0.3 is 0 Å². The zero-order chi connectivity index (χ0) is 26.3. The highest BCUT2D eigenvalue weighted by Crippen LogP contribution is 2.26. The average molecular weight is 562 g/mol. The van der Waals surface area contributed by atoms with Crippen LogP contribution in [0.4, 0.5) is 0 Å². The highest BCUT2D eigenvalue weighted by atomic mass is 79.9. The molecule has 1 unspecified atom stereocenters. The number of sulfone groups is 1. The van der Waals surface area contributed by atoms with Gasteiger partial charge in [-0.25, -0.2) is 8.42 Å². The van der Waals surface area contributed by atoms with Gasteiger partial charge in [-0.3, -0.25) is 0 Å². The molecule has 0 heterocycles. The lowest BCUT2D eigenvalue weighted by molar-refractivity contribution is 0.585. The lowest BCUT2D eigenvalue weighted by Gasteiger charge is -2.18. The third-order valence-corrected chi connectivity index (χ3v) is 8.75. The molecule has 0 saturated heterocycles. The Hall–Kier alpha value is -1.65. The molecule has 0 aliphatic rings. The van der Waals surface area contributed by atoms with E-state index in [9.17, 15) is 8.42 Å². The zero-order valence-corrected chi connectivity index (χ0v) is 25.0. The standard InChI is InChI=1S/C31H45BrO2S/c1-25(2)13-10-14-26(3)15-11-16-27(4)21-22-31(29(6)18-12-17-28(5)23-24-32)35(33,34)30-19-8-7-9-20-30/h7-9,13,15,18-21,23,31H,10-12,14,16-17,22,24H2,1-6H3/b26-15+,27-21+,28-23+,29-18+. The summed E-state index contributed by atoms with van der Waals surface area (Å²) in [6.45, 7) is 12.7. The Morgan fingerprint density at radius 3 is 1.83 bits per heavy atom. The van der Waals surface area contributed by atoms with Crippen LogP contribution in [0.15, 0.2) is 93.5 Å². The second-order valence-corrected chi connectivity index (χ2v) is 12.5. The summed E-state index contributed by atoms with van der Waals surface area (Å²) in [6, 6.07) is 8.86.